The molecule has 0 aliphatic heterocycles. The van der Waals surface area contributed by atoms with Crippen LogP contribution < -0.4 is 9.80 Å². The third-order valence-electron chi connectivity index (χ3n) is 5.90. The fourth-order valence-electron chi connectivity index (χ4n) is 4.37. The molecule has 2 aromatic carbocycles. The standard InChI is InChI=1S/C25H30N2O3/c1-16-14-19(23(28)17-10-6-8-12-21(17)26(2)3)25(30)20(15-16)24(29)18-11-7-9-13-22(18)27(4)5/h6-13,16,19-20H,14-15H2,1-5H3. The molecule has 2 aromatic rings. The Balaban J connectivity index is 1.95. The monoisotopic (exact) mass is 406 g/mol. The zero-order valence-electron chi connectivity index (χ0n) is 18.4. The molecular weight excluding hydrogens is 376 g/mol. The number of carbonyl (C=O) groups excluding carboxylic acids is 3. The summed E-state index contributed by atoms with van der Waals surface area (Å²) < 4.78 is 0. The van der Waals surface area contributed by atoms with Crippen LogP contribution in [0.5, 0.6) is 0 Å². The van der Waals surface area contributed by atoms with E-state index in [2.05, 4.69) is 0 Å². The van der Waals surface area contributed by atoms with Crippen LogP contribution >= 0.6 is 0 Å². The van der Waals surface area contributed by atoms with Crippen molar-refractivity contribution < 1.29 is 14.4 Å². The van der Waals surface area contributed by atoms with Crippen molar-refractivity contribution in [3.63, 3.8) is 0 Å². The van der Waals surface area contributed by atoms with E-state index in [1.54, 1.807) is 12.1 Å². The predicted octanol–water partition coefficient (Wildman–Crippen LogP) is 4.12. The van der Waals surface area contributed by atoms with Gasteiger partial charge in [0.05, 0.1) is 11.8 Å². The smallest absolute Gasteiger partial charge is 0.175 e. The Labute approximate surface area is 178 Å². The van der Waals surface area contributed by atoms with Crippen molar-refractivity contribution >= 4 is 28.7 Å². The maximum atomic E-state index is 13.4. The van der Waals surface area contributed by atoms with E-state index < -0.39 is 11.8 Å². The molecule has 0 N–H and O–H groups in total. The first-order valence-electron chi connectivity index (χ1n) is 10.4. The van der Waals surface area contributed by atoms with Crippen LogP contribution in [0.1, 0.15) is 40.5 Å². The van der Waals surface area contributed by atoms with Crippen LogP contribution in [-0.2, 0) is 4.79 Å². The van der Waals surface area contributed by atoms with Crippen molar-refractivity contribution in [2.45, 2.75) is 19.8 Å². The average molecular weight is 407 g/mol. The largest absolute Gasteiger partial charge is 0.377 e. The predicted molar refractivity (Wildman–Crippen MR) is 121 cm³/mol. The second kappa shape index (κ2) is 8.82. The van der Waals surface area contributed by atoms with E-state index in [1.807, 2.05) is 81.3 Å². The highest BCUT2D eigenvalue weighted by atomic mass is 16.2. The van der Waals surface area contributed by atoms with Crippen LogP contribution in [0.3, 0.4) is 0 Å². The molecule has 2 unspecified atom stereocenters. The van der Waals surface area contributed by atoms with Gasteiger partial charge in [-0.05, 0) is 43.0 Å². The highest BCUT2D eigenvalue weighted by Crippen LogP contribution is 2.36. The normalized spacial score (nSPS) is 21.2. The number of benzene rings is 2. The topological polar surface area (TPSA) is 57.7 Å². The van der Waals surface area contributed by atoms with Gasteiger partial charge in [0.25, 0.3) is 0 Å². The van der Waals surface area contributed by atoms with Crippen LogP contribution in [0, 0.1) is 17.8 Å². The van der Waals surface area contributed by atoms with E-state index in [0.29, 0.717) is 24.0 Å². The van der Waals surface area contributed by atoms with Crippen molar-refractivity contribution in [2.24, 2.45) is 17.8 Å². The Morgan fingerprint density at radius 2 is 1.10 bits per heavy atom. The maximum Gasteiger partial charge on any atom is 0.175 e. The Bertz CT molecular complexity index is 889. The van der Waals surface area contributed by atoms with E-state index in [0.717, 1.165) is 11.4 Å². The first-order chi connectivity index (χ1) is 14.2. The zero-order chi connectivity index (χ0) is 22.0. The van der Waals surface area contributed by atoms with Gasteiger partial charge >= 0.3 is 0 Å². The Morgan fingerprint density at radius 1 is 0.733 bits per heavy atom. The number of hydrogen-bond donors (Lipinski definition) is 0. The van der Waals surface area contributed by atoms with Crippen molar-refractivity contribution in [1.82, 2.24) is 0 Å². The van der Waals surface area contributed by atoms with E-state index >= 15 is 0 Å². The van der Waals surface area contributed by atoms with Gasteiger partial charge in [-0.15, -0.1) is 0 Å². The maximum absolute atomic E-state index is 13.4. The van der Waals surface area contributed by atoms with Crippen molar-refractivity contribution in [3.05, 3.63) is 59.7 Å². The first kappa shape index (κ1) is 21.8. The summed E-state index contributed by atoms with van der Waals surface area (Å²) in [5, 5.41) is 0. The van der Waals surface area contributed by atoms with Gasteiger partial charge in [0.2, 0.25) is 0 Å². The molecule has 1 aliphatic rings. The Morgan fingerprint density at radius 3 is 1.47 bits per heavy atom. The minimum absolute atomic E-state index is 0.114. The molecule has 1 aliphatic carbocycles. The highest BCUT2D eigenvalue weighted by molar-refractivity contribution is 6.21. The lowest BCUT2D eigenvalue weighted by Gasteiger charge is -2.32. The third-order valence-corrected chi connectivity index (χ3v) is 5.90. The summed E-state index contributed by atoms with van der Waals surface area (Å²) >= 11 is 0. The van der Waals surface area contributed by atoms with Crippen LogP contribution in [0.4, 0.5) is 11.4 Å². The Hall–Kier alpha value is -2.95. The molecule has 30 heavy (non-hydrogen) atoms. The lowest BCUT2D eigenvalue weighted by Crippen LogP contribution is -2.41. The SMILES string of the molecule is CC1CC(C(=O)c2ccccc2N(C)C)C(=O)C(C(=O)c2ccccc2N(C)C)C1. The summed E-state index contributed by atoms with van der Waals surface area (Å²) in [5.74, 6) is -2.07. The van der Waals surface area contributed by atoms with Crippen LogP contribution in [-0.4, -0.2) is 45.5 Å². The van der Waals surface area contributed by atoms with Gasteiger partial charge in [-0.1, -0.05) is 31.2 Å². The number of anilines is 2. The lowest BCUT2D eigenvalue weighted by atomic mass is 9.70. The molecule has 0 heterocycles. The van der Waals surface area contributed by atoms with Crippen LogP contribution in [0.2, 0.25) is 0 Å². The number of rotatable bonds is 6. The molecule has 0 bridgehead atoms. The molecule has 0 spiro atoms. The Kier molecular flexibility index (Phi) is 6.40. The van der Waals surface area contributed by atoms with Gasteiger partial charge < -0.3 is 9.80 Å². The van der Waals surface area contributed by atoms with Gasteiger partial charge in [-0.2, -0.15) is 0 Å². The lowest BCUT2D eigenvalue weighted by molar-refractivity contribution is -0.126. The second-order valence-corrected chi connectivity index (χ2v) is 8.64. The molecule has 5 heteroatoms. The minimum Gasteiger partial charge on any atom is -0.377 e. The van der Waals surface area contributed by atoms with Gasteiger partial charge in [0, 0.05) is 50.7 Å². The summed E-state index contributed by atoms with van der Waals surface area (Å²) in [6.07, 6.45) is 0.969. The number of nitrogens with zero attached hydrogens (tertiary/aromatic N) is 2. The van der Waals surface area contributed by atoms with Crippen LogP contribution in [0.25, 0.3) is 0 Å². The number of hydrogen-bond acceptors (Lipinski definition) is 5. The molecule has 5 nitrogen and oxygen atoms in total. The molecule has 1 saturated carbocycles. The molecule has 2 atom stereocenters. The van der Waals surface area contributed by atoms with E-state index in [1.165, 1.54) is 0 Å². The quantitative estimate of drug-likeness (QED) is 0.534. The summed E-state index contributed by atoms with van der Waals surface area (Å²) in [6.45, 7) is 2.02. The van der Waals surface area contributed by atoms with E-state index in [9.17, 15) is 14.4 Å². The fourth-order valence-corrected chi connectivity index (χ4v) is 4.37. The van der Waals surface area contributed by atoms with Gasteiger partial charge in [0.15, 0.2) is 17.3 Å². The summed E-state index contributed by atoms with van der Waals surface area (Å²) in [7, 11) is 7.51. The highest BCUT2D eigenvalue weighted by Gasteiger charge is 2.43. The zero-order valence-corrected chi connectivity index (χ0v) is 18.4. The van der Waals surface area contributed by atoms with Crippen molar-refractivity contribution in [3.8, 4) is 0 Å². The minimum atomic E-state index is -0.782. The molecular formula is C25H30N2O3. The van der Waals surface area contributed by atoms with E-state index in [-0.39, 0.29) is 23.3 Å². The van der Waals surface area contributed by atoms with Gasteiger partial charge in [-0.3, -0.25) is 14.4 Å². The van der Waals surface area contributed by atoms with Crippen LogP contribution in [0.15, 0.2) is 48.5 Å². The van der Waals surface area contributed by atoms with Crippen molar-refractivity contribution in [1.29, 1.82) is 0 Å². The molecule has 1 fully saturated rings. The summed E-state index contributed by atoms with van der Waals surface area (Å²) in [6, 6.07) is 14.7. The van der Waals surface area contributed by atoms with Crippen molar-refractivity contribution in [2.75, 3.05) is 38.0 Å². The number of Topliss-reactive ketones (excluding diaryl/α,β-unsaturated/α-hetero) is 3. The summed E-state index contributed by atoms with van der Waals surface area (Å²) in [5.41, 5.74) is 2.65. The summed E-state index contributed by atoms with van der Waals surface area (Å²) in [4.78, 5) is 43.9. The third kappa shape index (κ3) is 4.16. The number of ketones is 3. The first-order valence-corrected chi connectivity index (χ1v) is 10.4. The van der Waals surface area contributed by atoms with Gasteiger partial charge in [0.1, 0.15) is 0 Å². The number of para-hydroxylation sites is 2. The van der Waals surface area contributed by atoms with Gasteiger partial charge in [-0.25, -0.2) is 0 Å². The number of carbonyl (C=O) groups is 3. The molecule has 0 aromatic heterocycles. The molecule has 0 radical (unpaired) electrons. The van der Waals surface area contributed by atoms with E-state index in [4.69, 9.17) is 0 Å². The fraction of sp³-hybridized carbons (Fsp3) is 0.400. The molecule has 3 rings (SSSR count). The molecule has 0 saturated heterocycles. The molecule has 158 valence electrons. The average Bonchev–Trinajstić information content (AvgIpc) is 2.74. The molecule has 0 amide bonds. The second-order valence-electron chi connectivity index (χ2n) is 8.64.